The molecule has 0 amide bonds. The molecule has 0 unspecified atom stereocenters. The van der Waals surface area contributed by atoms with Crippen LogP contribution in [0.5, 0.6) is 0 Å². The standard InChI is InChI=1S/C13H18O/c1-10(2)4-6-13-7-5-12(9-14)8-11(13)3/h5,7-8,14H,1,4,6,9H2,2-3H3. The van der Waals surface area contributed by atoms with Crippen LogP contribution in [0.2, 0.25) is 0 Å². The van der Waals surface area contributed by atoms with Gasteiger partial charge in [-0.25, -0.2) is 0 Å². The first-order valence-corrected chi connectivity index (χ1v) is 4.97. The Morgan fingerprint density at radius 1 is 1.43 bits per heavy atom. The number of hydrogen-bond acceptors (Lipinski definition) is 1. The summed E-state index contributed by atoms with van der Waals surface area (Å²) in [5.41, 5.74) is 4.82. The number of hydrogen-bond donors (Lipinski definition) is 1. The van der Waals surface area contributed by atoms with Crippen molar-refractivity contribution < 1.29 is 5.11 Å². The molecule has 0 aliphatic heterocycles. The Hall–Kier alpha value is -1.08. The normalized spacial score (nSPS) is 10.2. The third-order valence-electron chi connectivity index (χ3n) is 2.41. The molecule has 0 saturated heterocycles. The van der Waals surface area contributed by atoms with Gasteiger partial charge in [0.2, 0.25) is 0 Å². The molecule has 1 N–H and O–H groups in total. The average Bonchev–Trinajstić information content (AvgIpc) is 2.15. The van der Waals surface area contributed by atoms with Gasteiger partial charge in [0, 0.05) is 0 Å². The number of allylic oxidation sites excluding steroid dienone is 1. The molecule has 0 spiro atoms. The first-order valence-electron chi connectivity index (χ1n) is 4.97. The van der Waals surface area contributed by atoms with Crippen LogP contribution in [0.4, 0.5) is 0 Å². The van der Waals surface area contributed by atoms with E-state index in [0.29, 0.717) is 0 Å². The molecule has 0 heterocycles. The highest BCUT2D eigenvalue weighted by Gasteiger charge is 1.99. The molecular weight excluding hydrogens is 172 g/mol. The van der Waals surface area contributed by atoms with Gasteiger partial charge in [-0.3, -0.25) is 0 Å². The van der Waals surface area contributed by atoms with Crippen molar-refractivity contribution in [3.8, 4) is 0 Å². The average molecular weight is 190 g/mol. The summed E-state index contributed by atoms with van der Waals surface area (Å²) < 4.78 is 0. The zero-order valence-electron chi connectivity index (χ0n) is 9.01. The summed E-state index contributed by atoms with van der Waals surface area (Å²) in [6, 6.07) is 6.14. The van der Waals surface area contributed by atoms with Crippen LogP contribution in [0, 0.1) is 6.92 Å². The molecular formula is C13H18O. The largest absolute Gasteiger partial charge is 0.392 e. The van der Waals surface area contributed by atoms with Crippen molar-refractivity contribution in [2.24, 2.45) is 0 Å². The maximum Gasteiger partial charge on any atom is 0.0681 e. The second-order valence-corrected chi connectivity index (χ2v) is 3.88. The van der Waals surface area contributed by atoms with Gasteiger partial charge < -0.3 is 5.11 Å². The fourth-order valence-corrected chi connectivity index (χ4v) is 1.48. The van der Waals surface area contributed by atoms with E-state index >= 15 is 0 Å². The summed E-state index contributed by atoms with van der Waals surface area (Å²) in [7, 11) is 0. The Balaban J connectivity index is 2.73. The van der Waals surface area contributed by atoms with E-state index in [-0.39, 0.29) is 6.61 Å². The summed E-state index contributed by atoms with van der Waals surface area (Å²) >= 11 is 0. The van der Waals surface area contributed by atoms with Crippen LogP contribution in [-0.2, 0) is 13.0 Å². The van der Waals surface area contributed by atoms with Crippen molar-refractivity contribution in [3.05, 3.63) is 47.0 Å². The topological polar surface area (TPSA) is 20.2 Å². The van der Waals surface area contributed by atoms with Crippen LogP contribution in [-0.4, -0.2) is 5.11 Å². The highest BCUT2D eigenvalue weighted by molar-refractivity contribution is 5.31. The molecule has 1 aromatic carbocycles. The van der Waals surface area contributed by atoms with Gasteiger partial charge in [0.25, 0.3) is 0 Å². The Kier molecular flexibility index (Phi) is 3.90. The molecule has 0 saturated carbocycles. The number of rotatable bonds is 4. The van der Waals surface area contributed by atoms with Crippen molar-refractivity contribution in [2.45, 2.75) is 33.3 Å². The van der Waals surface area contributed by atoms with Crippen LogP contribution >= 0.6 is 0 Å². The van der Waals surface area contributed by atoms with Crippen LogP contribution in [0.15, 0.2) is 30.4 Å². The SMILES string of the molecule is C=C(C)CCc1ccc(CO)cc1C. The number of aliphatic hydroxyl groups is 1. The lowest BCUT2D eigenvalue weighted by molar-refractivity contribution is 0.281. The quantitative estimate of drug-likeness (QED) is 0.724. The Bertz CT molecular complexity index is 326. The lowest BCUT2D eigenvalue weighted by atomic mass is 10.00. The number of aryl methyl sites for hydroxylation is 2. The fourth-order valence-electron chi connectivity index (χ4n) is 1.48. The first kappa shape index (κ1) is 11.0. The van der Waals surface area contributed by atoms with Crippen molar-refractivity contribution in [1.82, 2.24) is 0 Å². The van der Waals surface area contributed by atoms with Gasteiger partial charge in [0.05, 0.1) is 6.61 Å². The molecule has 0 fully saturated rings. The van der Waals surface area contributed by atoms with Gasteiger partial charge in [0.1, 0.15) is 0 Å². The highest BCUT2D eigenvalue weighted by atomic mass is 16.3. The maximum absolute atomic E-state index is 8.96. The molecule has 0 bridgehead atoms. The van der Waals surface area contributed by atoms with E-state index < -0.39 is 0 Å². The number of benzene rings is 1. The van der Waals surface area contributed by atoms with E-state index in [1.165, 1.54) is 16.7 Å². The minimum atomic E-state index is 0.127. The third kappa shape index (κ3) is 3.00. The second-order valence-electron chi connectivity index (χ2n) is 3.88. The molecule has 1 rings (SSSR count). The predicted molar refractivity (Wildman–Crippen MR) is 60.2 cm³/mol. The molecule has 1 nitrogen and oxygen atoms in total. The molecule has 76 valence electrons. The zero-order valence-corrected chi connectivity index (χ0v) is 9.01. The molecule has 0 aromatic heterocycles. The van der Waals surface area contributed by atoms with Gasteiger partial charge in [-0.05, 0) is 43.4 Å². The zero-order chi connectivity index (χ0) is 10.6. The Morgan fingerprint density at radius 2 is 2.14 bits per heavy atom. The predicted octanol–water partition coefficient (Wildman–Crippen LogP) is 3.00. The third-order valence-corrected chi connectivity index (χ3v) is 2.41. The van der Waals surface area contributed by atoms with Crippen LogP contribution in [0.25, 0.3) is 0 Å². The molecule has 1 heteroatoms. The summed E-state index contributed by atoms with van der Waals surface area (Å²) in [5.74, 6) is 0. The molecule has 0 aliphatic rings. The van der Waals surface area contributed by atoms with E-state index in [9.17, 15) is 0 Å². The van der Waals surface area contributed by atoms with E-state index in [0.717, 1.165) is 18.4 Å². The lowest BCUT2D eigenvalue weighted by Gasteiger charge is -2.07. The Morgan fingerprint density at radius 3 is 2.64 bits per heavy atom. The molecule has 0 aliphatic carbocycles. The van der Waals surface area contributed by atoms with Gasteiger partial charge in [-0.1, -0.05) is 23.8 Å². The van der Waals surface area contributed by atoms with E-state index in [4.69, 9.17) is 5.11 Å². The minimum absolute atomic E-state index is 0.127. The van der Waals surface area contributed by atoms with Gasteiger partial charge in [0.15, 0.2) is 0 Å². The smallest absolute Gasteiger partial charge is 0.0681 e. The lowest BCUT2D eigenvalue weighted by Crippen LogP contribution is -1.93. The van der Waals surface area contributed by atoms with Crippen molar-refractivity contribution >= 4 is 0 Å². The summed E-state index contributed by atoms with van der Waals surface area (Å²) in [6.45, 7) is 8.16. The van der Waals surface area contributed by atoms with Crippen LogP contribution < -0.4 is 0 Å². The molecule has 0 atom stereocenters. The van der Waals surface area contributed by atoms with Crippen molar-refractivity contribution in [2.75, 3.05) is 0 Å². The van der Waals surface area contributed by atoms with Crippen molar-refractivity contribution in [3.63, 3.8) is 0 Å². The van der Waals surface area contributed by atoms with Gasteiger partial charge in [-0.15, -0.1) is 6.58 Å². The summed E-state index contributed by atoms with van der Waals surface area (Å²) in [4.78, 5) is 0. The van der Waals surface area contributed by atoms with Crippen LogP contribution in [0.3, 0.4) is 0 Å². The molecule has 14 heavy (non-hydrogen) atoms. The summed E-state index contributed by atoms with van der Waals surface area (Å²) in [6.07, 6.45) is 2.09. The number of aliphatic hydroxyl groups excluding tert-OH is 1. The second kappa shape index (κ2) is 4.97. The first-order chi connectivity index (χ1) is 6.63. The Labute approximate surface area is 86.1 Å². The molecule has 1 aromatic rings. The maximum atomic E-state index is 8.96. The van der Waals surface area contributed by atoms with E-state index in [2.05, 4.69) is 26.5 Å². The van der Waals surface area contributed by atoms with Crippen LogP contribution in [0.1, 0.15) is 30.0 Å². The van der Waals surface area contributed by atoms with Gasteiger partial charge >= 0.3 is 0 Å². The fraction of sp³-hybridized carbons (Fsp3) is 0.385. The van der Waals surface area contributed by atoms with Gasteiger partial charge in [-0.2, -0.15) is 0 Å². The van der Waals surface area contributed by atoms with E-state index in [1.807, 2.05) is 12.1 Å². The minimum Gasteiger partial charge on any atom is -0.392 e. The summed E-state index contributed by atoms with van der Waals surface area (Å²) in [5, 5.41) is 8.96. The highest BCUT2D eigenvalue weighted by Crippen LogP contribution is 2.14. The monoisotopic (exact) mass is 190 g/mol. The van der Waals surface area contributed by atoms with E-state index in [1.54, 1.807) is 0 Å². The van der Waals surface area contributed by atoms with Crippen molar-refractivity contribution in [1.29, 1.82) is 0 Å². The molecule has 0 radical (unpaired) electrons.